The fraction of sp³-hybridized carbons (Fsp3) is 0.842. The maximum absolute atomic E-state index is 13.6. The first-order valence-corrected chi connectivity index (χ1v) is 18.8. The number of pyridine rings is 1. The molecular formula is C38H68N4O9. The van der Waals surface area contributed by atoms with Crippen LogP contribution in [0.4, 0.5) is 0 Å². The van der Waals surface area contributed by atoms with Gasteiger partial charge in [0, 0.05) is 43.5 Å². The maximum Gasteiger partial charge on any atom is 0.311 e. The third kappa shape index (κ3) is 11.4. The lowest BCUT2D eigenvalue weighted by molar-refractivity contribution is -0.299. The highest BCUT2D eigenvalue weighted by molar-refractivity contribution is 5.73. The number of aliphatic hydroxyl groups excluding tert-OH is 3. The zero-order valence-corrected chi connectivity index (χ0v) is 32.6. The van der Waals surface area contributed by atoms with Gasteiger partial charge in [0.2, 0.25) is 0 Å². The molecule has 51 heavy (non-hydrogen) atoms. The molecule has 0 bridgehead atoms. The SMILES string of the molecule is CC[C@H]1OC(=O)[C@H](C)[C@@H](O)[C@H](C)[C@@H](O[C@@H]2O[C@H](C)C[C@H](N(C)C)[C@H]2O)[C@](C)(O)C[C@@H](C)CN(CCCNCc2ccncc2)[C@H](C)[C@@H](O)[C@]1(C)O. The molecule has 13 nitrogen and oxygen atoms in total. The van der Waals surface area contributed by atoms with Gasteiger partial charge in [0.25, 0.3) is 0 Å². The maximum atomic E-state index is 13.6. The van der Waals surface area contributed by atoms with Crippen molar-refractivity contribution in [3.05, 3.63) is 30.1 Å². The number of ether oxygens (including phenoxy) is 3. The summed E-state index contributed by atoms with van der Waals surface area (Å²) in [5, 5.41) is 62.2. The summed E-state index contributed by atoms with van der Waals surface area (Å²) in [5.41, 5.74) is -2.22. The molecule has 0 amide bonds. The van der Waals surface area contributed by atoms with Gasteiger partial charge in [-0.3, -0.25) is 14.7 Å². The van der Waals surface area contributed by atoms with Crippen LogP contribution in [0.15, 0.2) is 24.5 Å². The molecule has 0 spiro atoms. The molecule has 1 aromatic rings. The fourth-order valence-corrected chi connectivity index (χ4v) is 8.04. The number of carbonyl (C=O) groups is 1. The lowest BCUT2D eigenvalue weighted by atomic mass is 9.78. The van der Waals surface area contributed by atoms with E-state index in [1.54, 1.807) is 33.2 Å². The molecule has 0 unspecified atom stereocenters. The first-order chi connectivity index (χ1) is 23.8. The molecule has 0 radical (unpaired) electrons. The van der Waals surface area contributed by atoms with E-state index in [4.69, 9.17) is 14.2 Å². The molecular weight excluding hydrogens is 656 g/mol. The standard InChI is InChI=1S/C38H68N4O9/c1-11-30-38(8,48)33(45)27(6)42(18-12-15-40-21-28-13-16-39-17-14-28)22-23(2)20-37(7,47)34(25(4)31(43)26(5)35(46)50-30)51-36-32(44)29(41(9)10)19-24(3)49-36/h13-14,16-17,23-27,29-34,36,40,43-45,47-48H,11-12,15,18-22H2,1-10H3/t23-,24-,25+,26-,27-,29+,30-,31+,32-,33-,34-,36+,37-,38-/m1/s1. The number of nitrogens with one attached hydrogen (secondary N) is 1. The van der Waals surface area contributed by atoms with E-state index in [0.29, 0.717) is 32.6 Å². The number of esters is 1. The van der Waals surface area contributed by atoms with Gasteiger partial charge >= 0.3 is 5.97 Å². The molecule has 3 heterocycles. The molecule has 2 aliphatic heterocycles. The van der Waals surface area contributed by atoms with Crippen LogP contribution in [0.5, 0.6) is 0 Å². The number of rotatable bonds is 10. The zero-order chi connectivity index (χ0) is 38.3. The molecule has 2 saturated heterocycles. The minimum absolute atomic E-state index is 0.145. The van der Waals surface area contributed by atoms with Crippen LogP contribution in [0.2, 0.25) is 0 Å². The first kappa shape index (κ1) is 43.6. The highest BCUT2D eigenvalue weighted by atomic mass is 16.7. The van der Waals surface area contributed by atoms with Crippen molar-refractivity contribution in [3.63, 3.8) is 0 Å². The van der Waals surface area contributed by atoms with Crippen molar-refractivity contribution in [1.29, 1.82) is 0 Å². The molecule has 1 aromatic heterocycles. The normalized spacial score (nSPS) is 41.1. The topological polar surface area (TPSA) is 177 Å². The Kier molecular flexibility index (Phi) is 16.3. The Bertz CT molecular complexity index is 1190. The summed E-state index contributed by atoms with van der Waals surface area (Å²) >= 11 is 0. The summed E-state index contributed by atoms with van der Waals surface area (Å²) in [6.07, 6.45) is -1.73. The molecule has 294 valence electrons. The Hall–Kier alpha value is -1.78. The van der Waals surface area contributed by atoms with Crippen LogP contribution in [-0.4, -0.2) is 146 Å². The zero-order valence-electron chi connectivity index (χ0n) is 32.6. The molecule has 6 N–H and O–H groups in total. The number of hydrogen-bond acceptors (Lipinski definition) is 13. The van der Waals surface area contributed by atoms with Crippen LogP contribution in [-0.2, 0) is 25.5 Å². The quantitative estimate of drug-likeness (QED) is 0.153. The van der Waals surface area contributed by atoms with Gasteiger partial charge in [-0.2, -0.15) is 0 Å². The van der Waals surface area contributed by atoms with Crippen LogP contribution in [0.3, 0.4) is 0 Å². The van der Waals surface area contributed by atoms with Crippen molar-refractivity contribution in [3.8, 4) is 0 Å². The van der Waals surface area contributed by atoms with Crippen molar-refractivity contribution >= 4 is 5.97 Å². The minimum Gasteiger partial charge on any atom is -0.459 e. The number of carbonyl (C=O) groups excluding carboxylic acids is 1. The highest BCUT2D eigenvalue weighted by Crippen LogP contribution is 2.36. The van der Waals surface area contributed by atoms with Crippen molar-refractivity contribution in [1.82, 2.24) is 20.1 Å². The number of cyclic esters (lactones) is 1. The van der Waals surface area contributed by atoms with E-state index < -0.39 is 71.9 Å². The van der Waals surface area contributed by atoms with E-state index in [0.717, 1.165) is 12.0 Å². The largest absolute Gasteiger partial charge is 0.459 e. The van der Waals surface area contributed by atoms with Crippen molar-refractivity contribution in [2.75, 3.05) is 33.7 Å². The second-order valence-electron chi connectivity index (χ2n) is 16.1. The predicted octanol–water partition coefficient (Wildman–Crippen LogP) is 1.92. The van der Waals surface area contributed by atoms with Crippen molar-refractivity contribution in [2.24, 2.45) is 17.8 Å². The van der Waals surface area contributed by atoms with E-state index in [1.807, 2.05) is 51.9 Å². The van der Waals surface area contributed by atoms with Gasteiger partial charge in [-0.1, -0.05) is 20.8 Å². The summed E-state index contributed by atoms with van der Waals surface area (Å²) in [6.45, 7) is 16.4. The summed E-state index contributed by atoms with van der Waals surface area (Å²) in [6, 6.07) is 3.12. The van der Waals surface area contributed by atoms with E-state index in [1.165, 1.54) is 13.8 Å². The van der Waals surface area contributed by atoms with Gasteiger partial charge < -0.3 is 50.0 Å². The molecule has 2 aliphatic rings. The predicted molar refractivity (Wildman–Crippen MR) is 194 cm³/mol. The van der Waals surface area contributed by atoms with Crippen molar-refractivity contribution in [2.45, 2.75) is 154 Å². The molecule has 2 fully saturated rings. The van der Waals surface area contributed by atoms with Gasteiger partial charge in [-0.05, 0) is 111 Å². The first-order valence-electron chi connectivity index (χ1n) is 18.8. The third-order valence-corrected chi connectivity index (χ3v) is 11.2. The van der Waals surface area contributed by atoms with Crippen LogP contribution >= 0.6 is 0 Å². The van der Waals surface area contributed by atoms with Crippen LogP contribution < -0.4 is 5.32 Å². The van der Waals surface area contributed by atoms with Crippen LogP contribution in [0.25, 0.3) is 0 Å². The van der Waals surface area contributed by atoms with E-state index in [2.05, 4.69) is 15.2 Å². The Labute approximate surface area is 305 Å². The smallest absolute Gasteiger partial charge is 0.311 e. The van der Waals surface area contributed by atoms with Gasteiger partial charge in [0.1, 0.15) is 23.9 Å². The second kappa shape index (κ2) is 19.0. The van der Waals surface area contributed by atoms with Gasteiger partial charge in [-0.15, -0.1) is 0 Å². The molecule has 13 heteroatoms. The van der Waals surface area contributed by atoms with Crippen LogP contribution in [0, 0.1) is 17.8 Å². The average Bonchev–Trinajstić information content (AvgIpc) is 3.07. The van der Waals surface area contributed by atoms with Crippen molar-refractivity contribution < 1.29 is 44.5 Å². The minimum atomic E-state index is -1.80. The molecule has 0 aromatic carbocycles. The number of aliphatic hydroxyl groups is 5. The van der Waals surface area contributed by atoms with E-state index in [9.17, 15) is 30.3 Å². The summed E-state index contributed by atoms with van der Waals surface area (Å²) in [7, 11) is 3.76. The average molecular weight is 725 g/mol. The number of aromatic nitrogens is 1. The Balaban J connectivity index is 1.95. The molecule has 0 saturated carbocycles. The van der Waals surface area contributed by atoms with Gasteiger partial charge in [0.05, 0.1) is 29.8 Å². The summed E-state index contributed by atoms with van der Waals surface area (Å²) in [4.78, 5) is 21.7. The Morgan fingerprint density at radius 2 is 1.71 bits per heavy atom. The van der Waals surface area contributed by atoms with Gasteiger partial charge in [0.15, 0.2) is 6.29 Å². The summed E-state index contributed by atoms with van der Waals surface area (Å²) in [5.74, 6) is -2.76. The Morgan fingerprint density at radius 3 is 2.31 bits per heavy atom. The van der Waals surface area contributed by atoms with Crippen LogP contribution in [0.1, 0.15) is 86.6 Å². The lowest BCUT2D eigenvalue weighted by Gasteiger charge is -2.46. The number of likely N-dealkylation sites (N-methyl/N-ethyl adjacent to an activating group) is 1. The Morgan fingerprint density at radius 1 is 1.06 bits per heavy atom. The lowest BCUT2D eigenvalue weighted by Crippen LogP contribution is -2.59. The van der Waals surface area contributed by atoms with E-state index >= 15 is 0 Å². The highest BCUT2D eigenvalue weighted by Gasteiger charge is 2.50. The summed E-state index contributed by atoms with van der Waals surface area (Å²) < 4.78 is 18.4. The molecule has 0 aliphatic carbocycles. The number of nitrogens with zero attached hydrogens (tertiary/aromatic N) is 3. The monoisotopic (exact) mass is 724 g/mol. The molecule has 14 atom stereocenters. The third-order valence-electron chi connectivity index (χ3n) is 11.2. The van der Waals surface area contributed by atoms with E-state index in [-0.39, 0.29) is 30.9 Å². The number of hydrogen-bond donors (Lipinski definition) is 6. The van der Waals surface area contributed by atoms with Gasteiger partial charge in [-0.25, -0.2) is 0 Å². The molecule has 3 rings (SSSR count). The fourth-order valence-electron chi connectivity index (χ4n) is 8.04. The second-order valence-corrected chi connectivity index (χ2v) is 16.1.